The van der Waals surface area contributed by atoms with Crippen LogP contribution < -0.4 is 4.72 Å². The molecule has 2 heterocycles. The molecule has 0 saturated carbocycles. The van der Waals surface area contributed by atoms with Gasteiger partial charge in [0.15, 0.2) is 0 Å². The molecule has 2 rings (SSSR count). The molecule has 0 fully saturated rings. The largest absolute Gasteiger partial charge is 0.394 e. The van der Waals surface area contributed by atoms with Crippen LogP contribution in [0.25, 0.3) is 0 Å². The first-order valence-corrected chi connectivity index (χ1v) is 6.66. The summed E-state index contributed by atoms with van der Waals surface area (Å²) in [5.41, 5.74) is 0.430. The number of aromatic nitrogens is 3. The van der Waals surface area contributed by atoms with Crippen LogP contribution in [0.2, 0.25) is 0 Å². The number of hydrogen-bond acceptors (Lipinski definition) is 5. The van der Waals surface area contributed by atoms with Crippen LogP contribution >= 0.6 is 0 Å². The lowest BCUT2D eigenvalue weighted by molar-refractivity contribution is 0.269. The van der Waals surface area contributed by atoms with Crippen LogP contribution in [0.15, 0.2) is 41.8 Å². The number of aliphatic hydroxyl groups excluding tert-OH is 1. The Balaban J connectivity index is 2.20. The van der Waals surface area contributed by atoms with Crippen molar-refractivity contribution in [3.8, 4) is 0 Å². The second-order valence-electron chi connectivity index (χ2n) is 3.50. The molecule has 96 valence electrons. The van der Waals surface area contributed by atoms with Gasteiger partial charge in [-0.2, -0.15) is 5.10 Å². The van der Waals surface area contributed by atoms with Crippen molar-refractivity contribution in [3.05, 3.63) is 36.9 Å². The zero-order chi connectivity index (χ0) is 13.0. The van der Waals surface area contributed by atoms with Crippen molar-refractivity contribution in [1.29, 1.82) is 0 Å². The SMILES string of the molecule is O=S(=O)(Nc1ccncc1)c1cnn(CCO)c1. The molecule has 0 saturated heterocycles. The summed E-state index contributed by atoms with van der Waals surface area (Å²) >= 11 is 0. The van der Waals surface area contributed by atoms with Gasteiger partial charge >= 0.3 is 0 Å². The number of nitrogens with one attached hydrogen (secondary N) is 1. The third-order valence-corrected chi connectivity index (χ3v) is 3.52. The number of rotatable bonds is 5. The highest BCUT2D eigenvalue weighted by molar-refractivity contribution is 7.92. The van der Waals surface area contributed by atoms with Crippen molar-refractivity contribution >= 4 is 15.7 Å². The van der Waals surface area contributed by atoms with E-state index in [1.54, 1.807) is 12.1 Å². The van der Waals surface area contributed by atoms with Gasteiger partial charge in [-0.3, -0.25) is 14.4 Å². The molecule has 0 radical (unpaired) electrons. The molecule has 0 bridgehead atoms. The highest BCUT2D eigenvalue weighted by Crippen LogP contribution is 2.14. The number of sulfonamides is 1. The van der Waals surface area contributed by atoms with Crippen molar-refractivity contribution in [2.75, 3.05) is 11.3 Å². The molecule has 0 amide bonds. The average molecular weight is 268 g/mol. The first-order chi connectivity index (χ1) is 8.62. The third-order valence-electron chi connectivity index (χ3n) is 2.18. The molecule has 7 nitrogen and oxygen atoms in total. The zero-order valence-corrected chi connectivity index (χ0v) is 10.2. The van der Waals surface area contributed by atoms with Crippen LogP contribution in [-0.4, -0.2) is 34.9 Å². The van der Waals surface area contributed by atoms with Crippen LogP contribution in [0.5, 0.6) is 0 Å². The maximum atomic E-state index is 12.0. The number of nitrogens with zero attached hydrogens (tertiary/aromatic N) is 3. The molecule has 0 unspecified atom stereocenters. The van der Waals surface area contributed by atoms with Crippen molar-refractivity contribution < 1.29 is 13.5 Å². The Hall–Kier alpha value is -1.93. The summed E-state index contributed by atoms with van der Waals surface area (Å²) in [7, 11) is -3.65. The molecular weight excluding hydrogens is 256 g/mol. The van der Waals surface area contributed by atoms with E-state index in [0.29, 0.717) is 5.69 Å². The van der Waals surface area contributed by atoms with E-state index in [1.165, 1.54) is 29.5 Å². The topological polar surface area (TPSA) is 97.1 Å². The standard InChI is InChI=1S/C10H12N4O3S/c15-6-5-14-8-10(7-12-14)18(16,17)13-9-1-3-11-4-2-9/h1-4,7-8,15H,5-6H2,(H,11,13). The Morgan fingerprint density at radius 1 is 1.33 bits per heavy atom. The number of anilines is 1. The molecule has 2 aromatic heterocycles. The summed E-state index contributed by atoms with van der Waals surface area (Å²) in [6, 6.07) is 3.10. The maximum absolute atomic E-state index is 12.0. The van der Waals surface area contributed by atoms with Gasteiger partial charge in [-0.25, -0.2) is 8.42 Å². The average Bonchev–Trinajstić information content (AvgIpc) is 2.80. The van der Waals surface area contributed by atoms with E-state index in [-0.39, 0.29) is 18.0 Å². The van der Waals surface area contributed by atoms with Crippen molar-refractivity contribution in [1.82, 2.24) is 14.8 Å². The van der Waals surface area contributed by atoms with Crippen LogP contribution in [-0.2, 0) is 16.6 Å². The van der Waals surface area contributed by atoms with Crippen molar-refractivity contribution in [2.45, 2.75) is 11.4 Å². The maximum Gasteiger partial charge on any atom is 0.265 e. The van der Waals surface area contributed by atoms with Gasteiger partial charge in [-0.05, 0) is 12.1 Å². The number of aliphatic hydroxyl groups is 1. The van der Waals surface area contributed by atoms with E-state index in [0.717, 1.165) is 0 Å². The van der Waals surface area contributed by atoms with Crippen LogP contribution in [0, 0.1) is 0 Å². The van der Waals surface area contributed by atoms with Gasteiger partial charge in [-0.1, -0.05) is 0 Å². The van der Waals surface area contributed by atoms with Gasteiger partial charge < -0.3 is 5.11 Å². The Labute approximate surface area is 104 Å². The van der Waals surface area contributed by atoms with Crippen molar-refractivity contribution in [2.24, 2.45) is 0 Å². The fraction of sp³-hybridized carbons (Fsp3) is 0.200. The van der Waals surface area contributed by atoms with Gasteiger partial charge in [0.2, 0.25) is 0 Å². The highest BCUT2D eigenvalue weighted by atomic mass is 32.2. The molecule has 2 N–H and O–H groups in total. The fourth-order valence-corrected chi connectivity index (χ4v) is 2.35. The second-order valence-corrected chi connectivity index (χ2v) is 5.19. The molecule has 0 spiro atoms. The monoisotopic (exact) mass is 268 g/mol. The van der Waals surface area contributed by atoms with Gasteiger partial charge in [0.1, 0.15) is 4.90 Å². The Morgan fingerprint density at radius 2 is 2.06 bits per heavy atom. The van der Waals surface area contributed by atoms with E-state index in [1.807, 2.05) is 0 Å². The molecule has 0 aliphatic carbocycles. The van der Waals surface area contributed by atoms with E-state index >= 15 is 0 Å². The summed E-state index contributed by atoms with van der Waals surface area (Å²) in [6.45, 7) is 0.156. The van der Waals surface area contributed by atoms with E-state index < -0.39 is 10.0 Å². The smallest absolute Gasteiger partial charge is 0.265 e. The summed E-state index contributed by atoms with van der Waals surface area (Å²) in [6.07, 6.45) is 5.58. The van der Waals surface area contributed by atoms with Gasteiger partial charge in [0.25, 0.3) is 10.0 Å². The van der Waals surface area contributed by atoms with E-state index in [2.05, 4.69) is 14.8 Å². The van der Waals surface area contributed by atoms with Crippen LogP contribution in [0.1, 0.15) is 0 Å². The first-order valence-electron chi connectivity index (χ1n) is 5.18. The number of hydrogen-bond donors (Lipinski definition) is 2. The minimum absolute atomic E-state index is 0.0489. The molecule has 2 aromatic rings. The van der Waals surface area contributed by atoms with E-state index in [4.69, 9.17) is 5.11 Å². The molecule has 18 heavy (non-hydrogen) atoms. The fourth-order valence-electron chi connectivity index (χ4n) is 1.34. The predicted molar refractivity (Wildman–Crippen MR) is 64.4 cm³/mol. The lowest BCUT2D eigenvalue weighted by Gasteiger charge is -2.04. The summed E-state index contributed by atoms with van der Waals surface area (Å²) in [5, 5.41) is 12.6. The summed E-state index contributed by atoms with van der Waals surface area (Å²) < 4.78 is 27.7. The van der Waals surface area contributed by atoms with Crippen molar-refractivity contribution in [3.63, 3.8) is 0 Å². The van der Waals surface area contributed by atoms with Crippen LogP contribution in [0.4, 0.5) is 5.69 Å². The minimum Gasteiger partial charge on any atom is -0.394 e. The van der Waals surface area contributed by atoms with Gasteiger partial charge in [0.05, 0.1) is 25.0 Å². The molecule has 0 aliphatic heterocycles. The van der Waals surface area contributed by atoms with Gasteiger partial charge in [0, 0.05) is 18.6 Å². The Kier molecular flexibility index (Phi) is 3.58. The number of pyridine rings is 1. The van der Waals surface area contributed by atoms with Crippen LogP contribution in [0.3, 0.4) is 0 Å². The van der Waals surface area contributed by atoms with Gasteiger partial charge in [-0.15, -0.1) is 0 Å². The first kappa shape index (κ1) is 12.5. The zero-order valence-electron chi connectivity index (χ0n) is 9.39. The lowest BCUT2D eigenvalue weighted by atomic mass is 10.4. The summed E-state index contributed by atoms with van der Waals surface area (Å²) in [4.78, 5) is 3.85. The molecule has 0 aliphatic rings. The normalized spacial score (nSPS) is 11.4. The highest BCUT2D eigenvalue weighted by Gasteiger charge is 2.16. The second kappa shape index (κ2) is 5.15. The predicted octanol–water partition coefficient (Wildman–Crippen LogP) is 0.0712. The van der Waals surface area contributed by atoms with E-state index in [9.17, 15) is 8.42 Å². The Morgan fingerprint density at radius 3 is 2.72 bits per heavy atom. The summed E-state index contributed by atoms with van der Waals surface area (Å²) in [5.74, 6) is 0. The molecule has 8 heteroatoms. The molecular formula is C10H12N4O3S. The quantitative estimate of drug-likeness (QED) is 0.800. The lowest BCUT2D eigenvalue weighted by Crippen LogP contribution is -2.12. The minimum atomic E-state index is -3.65. The molecule has 0 atom stereocenters. The molecule has 0 aromatic carbocycles. The third kappa shape index (κ3) is 2.84. The Bertz CT molecular complexity index is 609.